The van der Waals surface area contributed by atoms with E-state index >= 15 is 0 Å². The first kappa shape index (κ1) is 57.2. The highest BCUT2D eigenvalue weighted by atomic mass is 35.5. The molecule has 83 heavy (non-hydrogen) atoms. The Hall–Kier alpha value is -6.29. The van der Waals surface area contributed by atoms with Crippen LogP contribution in [0.15, 0.2) is 121 Å². The van der Waals surface area contributed by atoms with E-state index in [1.54, 1.807) is 12.1 Å². The number of rotatable bonds is 13. The van der Waals surface area contributed by atoms with Gasteiger partial charge in [-0.15, -0.1) is 0 Å². The topological polar surface area (TPSA) is 226 Å². The Morgan fingerprint density at radius 3 is 1.39 bits per heavy atom. The van der Waals surface area contributed by atoms with Crippen molar-refractivity contribution in [2.75, 3.05) is 65.8 Å². The second kappa shape index (κ2) is 25.9. The van der Waals surface area contributed by atoms with Gasteiger partial charge in [0.15, 0.2) is 12.2 Å². The number of benzene rings is 6. The van der Waals surface area contributed by atoms with Crippen molar-refractivity contribution in [3.63, 3.8) is 0 Å². The molecule has 6 aliphatic heterocycles. The minimum atomic E-state index is -0.627. The molecule has 434 valence electrons. The fourth-order valence-electron chi connectivity index (χ4n) is 11.8. The highest BCUT2D eigenvalue weighted by Gasteiger charge is 2.50. The first-order valence-electron chi connectivity index (χ1n) is 28.6. The Balaban J connectivity index is 0.000000146. The molecule has 8 heterocycles. The Kier molecular flexibility index (Phi) is 17.8. The average Bonchev–Trinajstić information content (AvgIpc) is 4.52. The van der Waals surface area contributed by atoms with Crippen molar-refractivity contribution >= 4 is 51.6 Å². The third kappa shape index (κ3) is 13.0. The number of nitrogens with one attached hydrogen (secondary N) is 3. The van der Waals surface area contributed by atoms with E-state index in [-0.39, 0.29) is 49.8 Å². The predicted octanol–water partition coefficient (Wildman–Crippen LogP) is 8.91. The van der Waals surface area contributed by atoms with Crippen molar-refractivity contribution < 1.29 is 53.6 Å². The Labute approximate surface area is 490 Å². The average molecular weight is 1170 g/mol. The lowest BCUT2D eigenvalue weighted by Gasteiger charge is -2.31. The van der Waals surface area contributed by atoms with Crippen molar-refractivity contribution in [3.8, 4) is 56.5 Å². The SMILES string of the molecule is O=Cc1ccc(-c2ccc(-c3cc4nc(O[C@@H]5CO[C@H]6[C@@H]5OC[C@H]6O)[nH]c4cc3Cl)cc2)cc1.OCC1CCN(Cc2ccc(-c3ccc(-c4cc5nc(O[C@@H]6CO[C@H]7[C@@H]6OC[C@H]7O)[nH]c5cc4Cl)cc3)cc2)CC1.OCC1CCNCC1. The lowest BCUT2D eigenvalue weighted by Crippen LogP contribution is -2.34. The third-order valence-corrected chi connectivity index (χ3v) is 17.4. The van der Waals surface area contributed by atoms with Gasteiger partial charge >= 0.3 is 0 Å². The van der Waals surface area contributed by atoms with Gasteiger partial charge in [0.05, 0.1) is 58.5 Å². The van der Waals surface area contributed by atoms with Gasteiger partial charge in [0.1, 0.15) is 42.9 Å². The van der Waals surface area contributed by atoms with E-state index < -0.39 is 12.2 Å². The van der Waals surface area contributed by atoms with Crippen LogP contribution in [0.3, 0.4) is 0 Å². The molecule has 0 saturated carbocycles. The molecule has 8 atom stereocenters. The van der Waals surface area contributed by atoms with Crippen molar-refractivity contribution in [1.29, 1.82) is 0 Å². The maximum atomic E-state index is 10.9. The molecular weight excluding hydrogens is 1100 g/mol. The summed E-state index contributed by atoms with van der Waals surface area (Å²) < 4.78 is 34.6. The molecule has 0 amide bonds. The van der Waals surface area contributed by atoms with Gasteiger partial charge in [0.25, 0.3) is 12.0 Å². The molecule has 0 spiro atoms. The molecule has 17 nitrogen and oxygen atoms in total. The number of aromatic amines is 2. The van der Waals surface area contributed by atoms with Crippen molar-refractivity contribution in [3.05, 3.63) is 142 Å². The van der Waals surface area contributed by atoms with Crippen molar-refractivity contribution in [1.82, 2.24) is 30.2 Å². The number of likely N-dealkylation sites (tertiary alicyclic amines) is 1. The summed E-state index contributed by atoms with van der Waals surface area (Å²) in [5.41, 5.74) is 13.1. The lowest BCUT2D eigenvalue weighted by atomic mass is 9.97. The normalized spacial score (nSPS) is 24.5. The standard InChI is InChI=1S/C32H34ClN3O5.C26H21ClN2O5.C6H13NO/c33-25-14-27-26(34-32(35-27)41-29-18-40-30-28(38)17-39-31(29)30)13-24(25)23-7-5-22(6-8-23)21-3-1-19(2-4-21)15-36-11-9-20(16-37)10-12-36;27-19-10-21-20(28-26(29-21)34-23-13-33-24-22(31)12-32-25(23)24)9-18(19)17-7-5-16(6-8-17)15-3-1-14(11-30)2-4-15;8-5-6-1-3-7-4-2-6/h1-8,13-14,20,28-31,37-38H,9-12,15-18H2,(H,34,35);1-11,22-25,31H,12-13H2,(H,28,29);6-8H,1-5H2/t28-,29-,30-,31-;22-,23-,24-,25-;/m11./s1. The molecule has 0 aliphatic carbocycles. The van der Waals surface area contributed by atoms with Gasteiger partial charge in [-0.05, 0) is 127 Å². The Morgan fingerprint density at radius 1 is 0.542 bits per heavy atom. The number of aldehydes is 1. The third-order valence-electron chi connectivity index (χ3n) is 16.7. The van der Waals surface area contributed by atoms with Crippen LogP contribution in [-0.4, -0.2) is 166 Å². The number of aliphatic hydroxyl groups excluding tert-OH is 4. The number of halogens is 2. The molecular formula is C64H68Cl2N6O11. The van der Waals surface area contributed by atoms with Crippen LogP contribution >= 0.6 is 23.2 Å². The van der Waals surface area contributed by atoms with Crippen molar-refractivity contribution in [2.24, 2.45) is 11.8 Å². The summed E-state index contributed by atoms with van der Waals surface area (Å²) in [5.74, 6) is 1.04. The summed E-state index contributed by atoms with van der Waals surface area (Å²) in [6.45, 7) is 7.08. The second-order valence-electron chi connectivity index (χ2n) is 22.3. The zero-order valence-electron chi connectivity index (χ0n) is 45.7. The Bertz CT molecular complexity index is 3460. The van der Waals surface area contributed by atoms with Gasteiger partial charge in [-0.3, -0.25) is 9.69 Å². The summed E-state index contributed by atoms with van der Waals surface area (Å²) in [5, 5.41) is 42.4. The quantitative estimate of drug-likeness (QED) is 0.0535. The van der Waals surface area contributed by atoms with Crippen LogP contribution in [-0.2, 0) is 25.5 Å². The number of H-pyrrole nitrogens is 2. The van der Waals surface area contributed by atoms with Crippen molar-refractivity contribution in [2.45, 2.75) is 81.1 Å². The van der Waals surface area contributed by atoms with Gasteiger partial charge in [0, 0.05) is 36.4 Å². The highest BCUT2D eigenvalue weighted by molar-refractivity contribution is 6.34. The molecule has 0 bridgehead atoms. The Morgan fingerprint density at radius 2 is 0.952 bits per heavy atom. The molecule has 6 aromatic carbocycles. The number of hydrogen-bond acceptors (Lipinski definition) is 15. The maximum Gasteiger partial charge on any atom is 0.295 e. The van der Waals surface area contributed by atoms with Crippen LogP contribution in [0.4, 0.5) is 0 Å². The van der Waals surface area contributed by atoms with Gasteiger partial charge in [-0.2, -0.15) is 9.97 Å². The fraction of sp³-hybridized carbons (Fsp3) is 0.391. The summed E-state index contributed by atoms with van der Waals surface area (Å²) >= 11 is 13.3. The number of fused-ring (bicyclic) bond motifs is 4. The van der Waals surface area contributed by atoms with E-state index in [4.69, 9.17) is 56.7 Å². The van der Waals surface area contributed by atoms with E-state index in [1.807, 2.05) is 60.7 Å². The van der Waals surface area contributed by atoms with E-state index in [2.05, 4.69) is 78.7 Å². The van der Waals surface area contributed by atoms with E-state index in [0.717, 1.165) is 126 Å². The number of carbonyl (C=O) groups is 1. The fourth-order valence-corrected chi connectivity index (χ4v) is 12.4. The zero-order chi connectivity index (χ0) is 57.0. The molecule has 2 aromatic heterocycles. The summed E-state index contributed by atoms with van der Waals surface area (Å²) in [7, 11) is 0. The molecule has 6 saturated heterocycles. The zero-order valence-corrected chi connectivity index (χ0v) is 47.3. The second-order valence-corrected chi connectivity index (χ2v) is 23.1. The van der Waals surface area contributed by atoms with Crippen LogP contribution in [0, 0.1) is 11.8 Å². The van der Waals surface area contributed by atoms with Gasteiger partial charge in [-0.25, -0.2) is 0 Å². The van der Waals surface area contributed by atoms with Crippen LogP contribution in [0.2, 0.25) is 10.0 Å². The lowest BCUT2D eigenvalue weighted by molar-refractivity contribution is 0.00704. The van der Waals surface area contributed by atoms with Gasteiger partial charge in [0.2, 0.25) is 0 Å². The number of aromatic nitrogens is 4. The molecule has 0 radical (unpaired) electrons. The molecule has 7 N–H and O–H groups in total. The highest BCUT2D eigenvalue weighted by Crippen LogP contribution is 2.38. The molecule has 8 aromatic rings. The van der Waals surface area contributed by atoms with Gasteiger partial charge < -0.3 is 64.1 Å². The van der Waals surface area contributed by atoms with Crippen LogP contribution in [0.1, 0.15) is 41.6 Å². The number of ether oxygens (including phenoxy) is 6. The number of aliphatic hydroxyl groups is 4. The molecule has 0 unspecified atom stereocenters. The predicted molar refractivity (Wildman–Crippen MR) is 317 cm³/mol. The maximum absolute atomic E-state index is 10.9. The van der Waals surface area contributed by atoms with Crippen LogP contribution < -0.4 is 14.8 Å². The smallest absolute Gasteiger partial charge is 0.295 e. The first-order chi connectivity index (χ1) is 40.6. The number of nitrogens with zero attached hydrogens (tertiary/aromatic N) is 3. The number of carbonyl (C=O) groups excluding carboxylic acids is 1. The molecule has 14 rings (SSSR count). The minimum absolute atomic E-state index is 0.247. The summed E-state index contributed by atoms with van der Waals surface area (Å²) in [4.78, 5) is 28.9. The molecule has 6 fully saturated rings. The van der Waals surface area contributed by atoms with E-state index in [9.17, 15) is 20.1 Å². The minimum Gasteiger partial charge on any atom is -0.456 e. The largest absolute Gasteiger partial charge is 0.456 e. The van der Waals surface area contributed by atoms with E-state index in [0.29, 0.717) is 65.9 Å². The molecule has 6 aliphatic rings. The van der Waals surface area contributed by atoms with Crippen LogP contribution in [0.25, 0.3) is 66.6 Å². The first-order valence-corrected chi connectivity index (χ1v) is 29.4. The number of imidazole rings is 2. The monoisotopic (exact) mass is 1170 g/mol. The van der Waals surface area contributed by atoms with Gasteiger partial charge in [-0.1, -0.05) is 120 Å². The molecule has 19 heteroatoms. The number of piperidine rings is 2. The summed E-state index contributed by atoms with van der Waals surface area (Å²) in [6, 6.07) is 41.1. The number of hydrogen-bond donors (Lipinski definition) is 7. The van der Waals surface area contributed by atoms with Crippen LogP contribution in [0.5, 0.6) is 12.0 Å². The van der Waals surface area contributed by atoms with E-state index in [1.165, 1.54) is 11.1 Å². The summed E-state index contributed by atoms with van der Waals surface area (Å²) in [6.07, 6.45) is 2.03.